The van der Waals surface area contributed by atoms with Crippen LogP contribution in [0.25, 0.3) is 11.1 Å². The zero-order valence-electron chi connectivity index (χ0n) is 13.8. The Balaban J connectivity index is 1.42. The first-order valence-corrected chi connectivity index (χ1v) is 8.85. The first kappa shape index (κ1) is 16.0. The van der Waals surface area contributed by atoms with Crippen LogP contribution in [0.3, 0.4) is 0 Å². The molecule has 1 aliphatic heterocycles. The van der Waals surface area contributed by atoms with E-state index in [1.165, 1.54) is 16.8 Å². The fourth-order valence-corrected chi connectivity index (χ4v) is 3.34. The summed E-state index contributed by atoms with van der Waals surface area (Å²) in [4.78, 5) is 6.56. The van der Waals surface area contributed by atoms with Crippen LogP contribution >= 0.6 is 11.6 Å². The number of ether oxygens (including phenoxy) is 1. The van der Waals surface area contributed by atoms with Crippen molar-refractivity contribution in [3.05, 3.63) is 77.9 Å². The monoisotopic (exact) mass is 350 g/mol. The minimum atomic E-state index is 0.112. The predicted molar refractivity (Wildman–Crippen MR) is 102 cm³/mol. The molecule has 1 fully saturated rings. The van der Waals surface area contributed by atoms with E-state index < -0.39 is 0 Å². The van der Waals surface area contributed by atoms with Crippen molar-refractivity contribution in [3.63, 3.8) is 0 Å². The van der Waals surface area contributed by atoms with Gasteiger partial charge in [-0.05, 0) is 35.4 Å². The predicted octanol–water partition coefficient (Wildman–Crippen LogP) is 5.06. The molecule has 0 radical (unpaired) electrons. The smallest absolute Gasteiger partial charge is 0.232 e. The standard InChI is InChI=1S/C21H19ClN2O/c22-20-7-4-13-23-21(20)25-19-12-14-24(15-19)18-10-8-17(9-11-18)16-5-2-1-3-6-16/h1-11,13,19H,12,14-15H2/t19-/m0/s1. The summed E-state index contributed by atoms with van der Waals surface area (Å²) in [5.41, 5.74) is 3.69. The number of rotatable bonds is 4. The summed E-state index contributed by atoms with van der Waals surface area (Å²) in [6.07, 6.45) is 2.78. The number of aromatic nitrogens is 1. The van der Waals surface area contributed by atoms with Gasteiger partial charge in [-0.1, -0.05) is 54.1 Å². The summed E-state index contributed by atoms with van der Waals surface area (Å²) in [6.45, 7) is 1.82. The Bertz CT molecular complexity index is 836. The zero-order chi connectivity index (χ0) is 17.1. The molecule has 0 N–H and O–H groups in total. The summed E-state index contributed by atoms with van der Waals surface area (Å²) in [6, 6.07) is 22.7. The molecule has 4 rings (SSSR count). The van der Waals surface area contributed by atoms with E-state index in [2.05, 4.69) is 58.4 Å². The Morgan fingerprint density at radius 2 is 1.68 bits per heavy atom. The zero-order valence-corrected chi connectivity index (χ0v) is 14.6. The molecule has 1 atom stereocenters. The van der Waals surface area contributed by atoms with Gasteiger partial charge in [-0.3, -0.25) is 0 Å². The molecule has 25 heavy (non-hydrogen) atoms. The maximum atomic E-state index is 6.13. The summed E-state index contributed by atoms with van der Waals surface area (Å²) in [5.74, 6) is 0.524. The third kappa shape index (κ3) is 3.62. The fraction of sp³-hybridized carbons (Fsp3) is 0.190. The maximum Gasteiger partial charge on any atom is 0.232 e. The van der Waals surface area contributed by atoms with Gasteiger partial charge >= 0.3 is 0 Å². The van der Waals surface area contributed by atoms with Crippen molar-refractivity contribution in [3.8, 4) is 17.0 Å². The number of hydrogen-bond acceptors (Lipinski definition) is 3. The molecule has 1 aliphatic rings. The highest BCUT2D eigenvalue weighted by Gasteiger charge is 2.25. The van der Waals surface area contributed by atoms with E-state index in [9.17, 15) is 0 Å². The Kier molecular flexibility index (Phi) is 4.57. The Labute approximate surface area is 152 Å². The minimum Gasteiger partial charge on any atom is -0.471 e. The van der Waals surface area contributed by atoms with Crippen LogP contribution in [-0.4, -0.2) is 24.2 Å². The van der Waals surface area contributed by atoms with Gasteiger partial charge in [0.25, 0.3) is 0 Å². The highest BCUT2D eigenvalue weighted by Crippen LogP contribution is 2.28. The largest absolute Gasteiger partial charge is 0.471 e. The van der Waals surface area contributed by atoms with Gasteiger partial charge in [-0.2, -0.15) is 0 Å². The Morgan fingerprint density at radius 1 is 0.920 bits per heavy atom. The van der Waals surface area contributed by atoms with Crippen LogP contribution in [0.1, 0.15) is 6.42 Å². The highest BCUT2D eigenvalue weighted by atomic mass is 35.5. The van der Waals surface area contributed by atoms with Gasteiger partial charge in [0.2, 0.25) is 5.88 Å². The van der Waals surface area contributed by atoms with Crippen molar-refractivity contribution in [2.45, 2.75) is 12.5 Å². The average molecular weight is 351 g/mol. The van der Waals surface area contributed by atoms with Crippen LogP contribution < -0.4 is 9.64 Å². The highest BCUT2D eigenvalue weighted by molar-refractivity contribution is 6.31. The van der Waals surface area contributed by atoms with E-state index in [0.29, 0.717) is 10.9 Å². The molecule has 1 saturated heterocycles. The third-order valence-electron chi connectivity index (χ3n) is 4.49. The van der Waals surface area contributed by atoms with E-state index in [1.54, 1.807) is 12.3 Å². The molecule has 0 spiro atoms. The topological polar surface area (TPSA) is 25.4 Å². The summed E-state index contributed by atoms with van der Waals surface area (Å²) < 4.78 is 5.97. The number of benzene rings is 2. The normalized spacial score (nSPS) is 16.8. The second kappa shape index (κ2) is 7.16. The molecular weight excluding hydrogens is 332 g/mol. The van der Waals surface area contributed by atoms with Crippen molar-refractivity contribution >= 4 is 17.3 Å². The Morgan fingerprint density at radius 3 is 2.44 bits per heavy atom. The van der Waals surface area contributed by atoms with Gasteiger partial charge in [0.1, 0.15) is 11.1 Å². The molecule has 3 aromatic rings. The van der Waals surface area contributed by atoms with Gasteiger partial charge in [0.05, 0.1) is 6.54 Å². The third-order valence-corrected chi connectivity index (χ3v) is 4.78. The van der Waals surface area contributed by atoms with Crippen molar-refractivity contribution in [1.82, 2.24) is 4.98 Å². The molecule has 4 heteroatoms. The van der Waals surface area contributed by atoms with Gasteiger partial charge < -0.3 is 9.64 Å². The van der Waals surface area contributed by atoms with Gasteiger partial charge in [0.15, 0.2) is 0 Å². The Hall–Kier alpha value is -2.52. The van der Waals surface area contributed by atoms with Crippen LogP contribution in [0.15, 0.2) is 72.9 Å². The first-order chi connectivity index (χ1) is 12.3. The molecular formula is C21H19ClN2O. The lowest BCUT2D eigenvalue weighted by Gasteiger charge is -2.19. The van der Waals surface area contributed by atoms with Crippen molar-refractivity contribution < 1.29 is 4.74 Å². The number of nitrogens with zero attached hydrogens (tertiary/aromatic N) is 2. The number of halogens is 1. The fourth-order valence-electron chi connectivity index (χ4n) is 3.17. The summed E-state index contributed by atoms with van der Waals surface area (Å²) in [5, 5.41) is 0.563. The van der Waals surface area contributed by atoms with E-state index in [1.807, 2.05) is 12.1 Å². The van der Waals surface area contributed by atoms with Crippen molar-refractivity contribution in [2.75, 3.05) is 18.0 Å². The molecule has 0 aliphatic carbocycles. The van der Waals surface area contributed by atoms with Crippen molar-refractivity contribution in [2.24, 2.45) is 0 Å². The van der Waals surface area contributed by atoms with Crippen LogP contribution in [0.5, 0.6) is 5.88 Å². The van der Waals surface area contributed by atoms with E-state index >= 15 is 0 Å². The minimum absolute atomic E-state index is 0.112. The SMILES string of the molecule is Clc1cccnc1O[C@H]1CCN(c2ccc(-c3ccccc3)cc2)C1. The molecule has 3 nitrogen and oxygen atoms in total. The summed E-state index contributed by atoms with van der Waals surface area (Å²) in [7, 11) is 0. The van der Waals surface area contributed by atoms with Crippen LogP contribution in [0.2, 0.25) is 5.02 Å². The van der Waals surface area contributed by atoms with E-state index in [4.69, 9.17) is 16.3 Å². The molecule has 0 unspecified atom stereocenters. The second-order valence-electron chi connectivity index (χ2n) is 6.18. The quantitative estimate of drug-likeness (QED) is 0.657. The molecule has 126 valence electrons. The molecule has 2 heterocycles. The van der Waals surface area contributed by atoms with Crippen LogP contribution in [-0.2, 0) is 0 Å². The molecule has 0 bridgehead atoms. The van der Waals surface area contributed by atoms with Crippen LogP contribution in [0, 0.1) is 0 Å². The first-order valence-electron chi connectivity index (χ1n) is 8.47. The number of hydrogen-bond donors (Lipinski definition) is 0. The lowest BCUT2D eigenvalue weighted by molar-refractivity contribution is 0.216. The van der Waals surface area contributed by atoms with Gasteiger partial charge in [-0.15, -0.1) is 0 Å². The lowest BCUT2D eigenvalue weighted by Crippen LogP contribution is -2.24. The lowest BCUT2D eigenvalue weighted by atomic mass is 10.1. The van der Waals surface area contributed by atoms with Crippen LogP contribution in [0.4, 0.5) is 5.69 Å². The number of anilines is 1. The van der Waals surface area contributed by atoms with E-state index in [0.717, 1.165) is 19.5 Å². The summed E-state index contributed by atoms with van der Waals surface area (Å²) >= 11 is 6.13. The number of pyridine rings is 1. The van der Waals surface area contributed by atoms with E-state index in [-0.39, 0.29) is 6.10 Å². The maximum absolute atomic E-state index is 6.13. The average Bonchev–Trinajstić information content (AvgIpc) is 3.13. The second-order valence-corrected chi connectivity index (χ2v) is 6.59. The molecule has 0 amide bonds. The van der Waals surface area contributed by atoms with Crippen molar-refractivity contribution in [1.29, 1.82) is 0 Å². The molecule has 0 saturated carbocycles. The van der Waals surface area contributed by atoms with Gasteiger partial charge in [0, 0.05) is 24.8 Å². The molecule has 1 aromatic heterocycles. The van der Waals surface area contributed by atoms with Gasteiger partial charge in [-0.25, -0.2) is 4.98 Å². The molecule has 2 aromatic carbocycles.